The number of hydrogen-bond acceptors (Lipinski definition) is 3. The zero-order valence-corrected chi connectivity index (χ0v) is 9.72. The molecule has 0 fully saturated rings. The highest BCUT2D eigenvalue weighted by Gasteiger charge is 1.99. The summed E-state index contributed by atoms with van der Waals surface area (Å²) >= 11 is 4.90. The molecule has 0 atom stereocenters. The molecule has 0 spiro atoms. The summed E-state index contributed by atoms with van der Waals surface area (Å²) in [5.41, 5.74) is 0. The van der Waals surface area contributed by atoms with Crippen LogP contribution in [0.3, 0.4) is 0 Å². The average molecular weight is 270 g/mol. The van der Waals surface area contributed by atoms with E-state index in [9.17, 15) is 0 Å². The molecular weight excluding hydrogens is 262 g/mol. The van der Waals surface area contributed by atoms with Gasteiger partial charge in [0.05, 0.1) is 4.88 Å². The van der Waals surface area contributed by atoms with Crippen molar-refractivity contribution in [1.82, 2.24) is 4.98 Å². The first-order chi connectivity index (χ1) is 6.84. The maximum atomic E-state index is 5.55. The van der Waals surface area contributed by atoms with Crippen molar-refractivity contribution < 1.29 is 4.74 Å². The fourth-order valence-corrected chi connectivity index (χ4v) is 2.29. The predicted octanol–water partition coefficient (Wildman–Crippen LogP) is 3.48. The molecule has 2 nitrogen and oxygen atoms in total. The Bertz CT molecular complexity index is 402. The Morgan fingerprint density at radius 1 is 1.29 bits per heavy atom. The van der Waals surface area contributed by atoms with Gasteiger partial charge in [-0.25, -0.2) is 4.98 Å². The van der Waals surface area contributed by atoms with E-state index in [0.29, 0.717) is 6.61 Å². The number of rotatable bonds is 3. The van der Waals surface area contributed by atoms with Gasteiger partial charge in [-0.15, -0.1) is 11.3 Å². The Hall–Kier alpha value is -0.870. The first-order valence-corrected chi connectivity index (χ1v) is 5.73. The lowest BCUT2D eigenvalue weighted by molar-refractivity contribution is 0.309. The third kappa shape index (κ3) is 2.56. The zero-order valence-electron chi connectivity index (χ0n) is 7.31. The summed E-state index contributed by atoms with van der Waals surface area (Å²) in [6.45, 7) is 0.577. The van der Waals surface area contributed by atoms with E-state index >= 15 is 0 Å². The third-order valence-electron chi connectivity index (χ3n) is 1.65. The van der Waals surface area contributed by atoms with Crippen LogP contribution in [0.1, 0.15) is 4.88 Å². The smallest absolute Gasteiger partial charge is 0.159 e. The number of nitrogens with zero attached hydrogens (tertiary/aromatic N) is 1. The molecule has 0 aliphatic rings. The van der Waals surface area contributed by atoms with Gasteiger partial charge < -0.3 is 4.74 Å². The van der Waals surface area contributed by atoms with Gasteiger partial charge in [0.1, 0.15) is 12.4 Å². The van der Waals surface area contributed by atoms with Gasteiger partial charge in [0, 0.05) is 6.20 Å². The SMILES string of the molecule is Brc1ncc(COc2ccccc2)s1. The van der Waals surface area contributed by atoms with E-state index in [4.69, 9.17) is 4.74 Å². The summed E-state index contributed by atoms with van der Waals surface area (Å²) in [4.78, 5) is 5.20. The highest BCUT2D eigenvalue weighted by atomic mass is 79.9. The highest BCUT2D eigenvalue weighted by molar-refractivity contribution is 9.11. The topological polar surface area (TPSA) is 22.1 Å². The molecule has 14 heavy (non-hydrogen) atoms. The summed E-state index contributed by atoms with van der Waals surface area (Å²) in [6, 6.07) is 9.76. The monoisotopic (exact) mass is 269 g/mol. The van der Waals surface area contributed by atoms with E-state index in [0.717, 1.165) is 14.5 Å². The fraction of sp³-hybridized carbons (Fsp3) is 0.100. The molecule has 0 aliphatic heterocycles. The van der Waals surface area contributed by atoms with Crippen molar-refractivity contribution in [3.05, 3.63) is 45.3 Å². The quantitative estimate of drug-likeness (QED) is 0.851. The van der Waals surface area contributed by atoms with Crippen LogP contribution in [0.25, 0.3) is 0 Å². The minimum absolute atomic E-state index is 0.577. The van der Waals surface area contributed by atoms with Crippen LogP contribution < -0.4 is 4.74 Å². The molecule has 0 N–H and O–H groups in total. The molecule has 1 heterocycles. The molecule has 4 heteroatoms. The van der Waals surface area contributed by atoms with Crippen LogP contribution in [0.4, 0.5) is 0 Å². The molecule has 2 aromatic rings. The van der Waals surface area contributed by atoms with E-state index in [2.05, 4.69) is 20.9 Å². The first-order valence-electron chi connectivity index (χ1n) is 4.12. The van der Waals surface area contributed by atoms with Gasteiger partial charge >= 0.3 is 0 Å². The summed E-state index contributed by atoms with van der Waals surface area (Å²) in [7, 11) is 0. The first kappa shape index (κ1) is 9.68. The number of ether oxygens (including phenoxy) is 1. The maximum absolute atomic E-state index is 5.55. The normalized spacial score (nSPS) is 10.1. The Morgan fingerprint density at radius 3 is 2.71 bits per heavy atom. The van der Waals surface area contributed by atoms with Gasteiger partial charge in [-0.2, -0.15) is 0 Å². The largest absolute Gasteiger partial charge is 0.488 e. The number of halogens is 1. The molecule has 0 saturated carbocycles. The van der Waals surface area contributed by atoms with Crippen LogP contribution >= 0.6 is 27.3 Å². The van der Waals surface area contributed by atoms with Crippen LogP contribution in [0.15, 0.2) is 40.4 Å². The van der Waals surface area contributed by atoms with Crippen molar-refractivity contribution in [1.29, 1.82) is 0 Å². The van der Waals surface area contributed by atoms with Crippen molar-refractivity contribution in [2.24, 2.45) is 0 Å². The molecule has 0 saturated heterocycles. The van der Waals surface area contributed by atoms with Gasteiger partial charge in [-0.05, 0) is 28.1 Å². The zero-order chi connectivity index (χ0) is 9.80. The van der Waals surface area contributed by atoms with Gasteiger partial charge in [-0.1, -0.05) is 18.2 Å². The molecule has 0 bridgehead atoms. The second kappa shape index (κ2) is 4.57. The Morgan fingerprint density at radius 2 is 2.07 bits per heavy atom. The third-order valence-corrected chi connectivity index (χ3v) is 3.10. The van der Waals surface area contributed by atoms with Crippen LogP contribution in [-0.2, 0) is 6.61 Å². The second-order valence-electron chi connectivity index (χ2n) is 2.68. The van der Waals surface area contributed by atoms with Gasteiger partial charge in [0.15, 0.2) is 3.92 Å². The summed E-state index contributed by atoms with van der Waals surface area (Å²) in [5.74, 6) is 0.886. The van der Waals surface area contributed by atoms with Gasteiger partial charge in [0.2, 0.25) is 0 Å². The molecule has 0 radical (unpaired) electrons. The number of para-hydroxylation sites is 1. The lowest BCUT2D eigenvalue weighted by Crippen LogP contribution is -1.91. The van der Waals surface area contributed by atoms with E-state index in [-0.39, 0.29) is 0 Å². The maximum Gasteiger partial charge on any atom is 0.159 e. The van der Waals surface area contributed by atoms with E-state index in [1.54, 1.807) is 11.3 Å². The average Bonchev–Trinajstić information content (AvgIpc) is 2.63. The van der Waals surface area contributed by atoms with Crippen molar-refractivity contribution in [3.63, 3.8) is 0 Å². The molecule has 0 unspecified atom stereocenters. The molecule has 72 valence electrons. The van der Waals surface area contributed by atoms with Crippen LogP contribution in [0.5, 0.6) is 5.75 Å². The van der Waals surface area contributed by atoms with Crippen LogP contribution in [0.2, 0.25) is 0 Å². The standard InChI is InChI=1S/C10H8BrNOS/c11-10-12-6-9(14-10)7-13-8-4-2-1-3-5-8/h1-6H,7H2. The second-order valence-corrected chi connectivity index (χ2v) is 5.07. The van der Waals surface area contributed by atoms with Crippen LogP contribution in [-0.4, -0.2) is 4.98 Å². The molecule has 0 aliphatic carbocycles. The molecular formula is C10H8BrNOS. The number of benzene rings is 1. The number of hydrogen-bond donors (Lipinski definition) is 0. The minimum atomic E-state index is 0.577. The summed E-state index contributed by atoms with van der Waals surface area (Å²) < 4.78 is 6.45. The van der Waals surface area contributed by atoms with Gasteiger partial charge in [0.25, 0.3) is 0 Å². The Labute approximate surface area is 94.7 Å². The van der Waals surface area contributed by atoms with E-state index < -0.39 is 0 Å². The van der Waals surface area contributed by atoms with Crippen molar-refractivity contribution in [2.45, 2.75) is 6.61 Å². The minimum Gasteiger partial charge on any atom is -0.488 e. The van der Waals surface area contributed by atoms with Crippen LogP contribution in [0, 0.1) is 0 Å². The Kier molecular flexibility index (Phi) is 3.16. The lowest BCUT2D eigenvalue weighted by atomic mass is 10.3. The van der Waals surface area contributed by atoms with Crippen molar-refractivity contribution in [2.75, 3.05) is 0 Å². The molecule has 2 rings (SSSR count). The fourth-order valence-electron chi connectivity index (χ4n) is 1.02. The van der Waals surface area contributed by atoms with Gasteiger partial charge in [-0.3, -0.25) is 0 Å². The number of aromatic nitrogens is 1. The highest BCUT2D eigenvalue weighted by Crippen LogP contribution is 2.20. The number of thiazole rings is 1. The Balaban J connectivity index is 1.95. The lowest BCUT2D eigenvalue weighted by Gasteiger charge is -2.02. The van der Waals surface area contributed by atoms with E-state index in [1.165, 1.54) is 0 Å². The van der Waals surface area contributed by atoms with Crippen molar-refractivity contribution >= 4 is 27.3 Å². The summed E-state index contributed by atoms with van der Waals surface area (Å²) in [5, 5.41) is 0. The van der Waals surface area contributed by atoms with Crippen molar-refractivity contribution in [3.8, 4) is 5.75 Å². The summed E-state index contributed by atoms with van der Waals surface area (Å²) in [6.07, 6.45) is 1.82. The predicted molar refractivity (Wildman–Crippen MR) is 60.6 cm³/mol. The van der Waals surface area contributed by atoms with E-state index in [1.807, 2.05) is 36.5 Å². The molecule has 1 aromatic heterocycles. The molecule has 1 aromatic carbocycles. The molecule has 0 amide bonds.